The van der Waals surface area contributed by atoms with Crippen LogP contribution in [0.1, 0.15) is 11.7 Å². The summed E-state index contributed by atoms with van der Waals surface area (Å²) in [5.74, 6) is -0.789. The smallest absolute Gasteiger partial charge is 0.147 e. The summed E-state index contributed by atoms with van der Waals surface area (Å²) in [5.41, 5.74) is 13.1. The van der Waals surface area contributed by atoms with Crippen molar-refractivity contribution in [3.05, 3.63) is 39.0 Å². The summed E-state index contributed by atoms with van der Waals surface area (Å²) in [6.45, 7) is -0.356. The van der Waals surface area contributed by atoms with Gasteiger partial charge in [-0.3, -0.25) is 0 Å². The molecule has 0 aliphatic heterocycles. The van der Waals surface area contributed by atoms with E-state index in [1.165, 1.54) is 6.07 Å². The van der Waals surface area contributed by atoms with Crippen LogP contribution in [-0.2, 0) is 0 Å². The lowest BCUT2D eigenvalue weighted by Crippen LogP contribution is -2.22. The molecule has 1 rings (SSSR count). The van der Waals surface area contributed by atoms with Crippen molar-refractivity contribution in [3.8, 4) is 0 Å². The summed E-state index contributed by atoms with van der Waals surface area (Å²) in [6.07, 6.45) is -2.86. The zero-order valence-corrected chi connectivity index (χ0v) is 9.34. The second-order valence-electron chi connectivity index (χ2n) is 3.32. The molecule has 0 fully saturated rings. The highest BCUT2D eigenvalue weighted by atomic mass is 35.5. The Kier molecular flexibility index (Phi) is 4.53. The van der Waals surface area contributed by atoms with E-state index in [1.807, 2.05) is 0 Å². The number of hydrogen-bond acceptors (Lipinski definition) is 4. The van der Waals surface area contributed by atoms with E-state index in [0.717, 1.165) is 6.07 Å². The highest BCUT2D eigenvalue weighted by Crippen LogP contribution is 2.29. The minimum absolute atomic E-state index is 0.0433. The molecule has 92 valence electrons. The van der Waals surface area contributed by atoms with Gasteiger partial charge in [0.15, 0.2) is 0 Å². The Hall–Kier alpha value is -1.53. The fourth-order valence-electron chi connectivity index (χ4n) is 1.28. The van der Waals surface area contributed by atoms with Crippen molar-refractivity contribution in [3.63, 3.8) is 0 Å². The number of aliphatic hydroxyl groups excluding tert-OH is 2. The highest BCUT2D eigenvalue weighted by molar-refractivity contribution is 6.30. The highest BCUT2D eigenvalue weighted by Gasteiger charge is 2.22. The number of hydrogen-bond donors (Lipinski definition) is 3. The second-order valence-corrected chi connectivity index (χ2v) is 3.75. The Bertz CT molecular complexity index is 465. The van der Waals surface area contributed by atoms with Crippen LogP contribution in [0.5, 0.6) is 0 Å². The summed E-state index contributed by atoms with van der Waals surface area (Å²) in [7, 11) is 0. The molecule has 2 unspecified atom stereocenters. The maximum absolute atomic E-state index is 13.2. The molecular weight excluding hydrogens is 251 g/mol. The van der Waals surface area contributed by atoms with Gasteiger partial charge >= 0.3 is 0 Å². The molecule has 0 heterocycles. The normalized spacial score (nSPS) is 13.9. The van der Waals surface area contributed by atoms with E-state index >= 15 is 0 Å². The van der Waals surface area contributed by atoms with Gasteiger partial charge in [0.25, 0.3) is 0 Å². The predicted octanol–water partition coefficient (Wildman–Crippen LogP) is 1.77. The lowest BCUT2D eigenvalue weighted by Gasteiger charge is -2.18. The minimum Gasteiger partial charge on any atom is -0.396 e. The van der Waals surface area contributed by atoms with E-state index in [9.17, 15) is 14.6 Å². The van der Waals surface area contributed by atoms with Gasteiger partial charge in [-0.25, -0.2) is 4.39 Å². The van der Waals surface area contributed by atoms with Crippen LogP contribution in [0, 0.1) is 5.82 Å². The quantitative estimate of drug-likeness (QED) is 0.331. The molecule has 0 spiro atoms. The van der Waals surface area contributed by atoms with Crippen molar-refractivity contribution in [2.45, 2.75) is 12.2 Å². The molecule has 0 amide bonds. The van der Waals surface area contributed by atoms with Crippen LogP contribution in [0.25, 0.3) is 10.4 Å². The standard InChI is InChI=1S/C9H10ClFN4O2/c10-4-1-5(8(12)6(11)2-4)9(17)7(16)3-14-15-13/h1-2,7,9,16-17H,3,12H2. The van der Waals surface area contributed by atoms with Gasteiger partial charge < -0.3 is 15.9 Å². The largest absolute Gasteiger partial charge is 0.396 e. The molecule has 8 heteroatoms. The Morgan fingerprint density at radius 1 is 1.53 bits per heavy atom. The third-order valence-electron chi connectivity index (χ3n) is 2.14. The van der Waals surface area contributed by atoms with Crippen LogP contribution < -0.4 is 5.73 Å². The first-order valence-corrected chi connectivity index (χ1v) is 4.96. The molecule has 1 aromatic carbocycles. The lowest BCUT2D eigenvalue weighted by atomic mass is 10.0. The van der Waals surface area contributed by atoms with Gasteiger partial charge in [0.2, 0.25) is 0 Å². The van der Waals surface area contributed by atoms with Crippen LogP contribution in [-0.4, -0.2) is 22.9 Å². The van der Waals surface area contributed by atoms with E-state index in [4.69, 9.17) is 22.9 Å². The molecule has 0 aliphatic carbocycles. The number of nitrogen functional groups attached to an aromatic ring is 1. The van der Waals surface area contributed by atoms with E-state index in [1.54, 1.807) is 0 Å². The molecule has 0 radical (unpaired) electrons. The zero-order valence-electron chi connectivity index (χ0n) is 8.59. The average molecular weight is 261 g/mol. The van der Waals surface area contributed by atoms with Gasteiger partial charge in [0.1, 0.15) is 11.9 Å². The Labute approximate surface area is 101 Å². The molecule has 0 saturated heterocycles. The number of benzene rings is 1. The molecule has 0 saturated carbocycles. The third-order valence-corrected chi connectivity index (χ3v) is 2.36. The van der Waals surface area contributed by atoms with Crippen molar-refractivity contribution in [2.24, 2.45) is 5.11 Å². The second kappa shape index (κ2) is 5.70. The Balaban J connectivity index is 3.02. The van der Waals surface area contributed by atoms with Gasteiger partial charge in [-0.15, -0.1) is 0 Å². The van der Waals surface area contributed by atoms with Gasteiger partial charge in [0, 0.05) is 15.5 Å². The lowest BCUT2D eigenvalue weighted by molar-refractivity contribution is 0.0247. The summed E-state index contributed by atoms with van der Waals surface area (Å²) >= 11 is 5.60. The van der Waals surface area contributed by atoms with Crippen molar-refractivity contribution >= 4 is 17.3 Å². The number of rotatable bonds is 4. The van der Waals surface area contributed by atoms with Crippen LogP contribution >= 0.6 is 11.6 Å². The zero-order chi connectivity index (χ0) is 13.0. The van der Waals surface area contributed by atoms with Gasteiger partial charge in [-0.1, -0.05) is 16.7 Å². The molecule has 6 nitrogen and oxygen atoms in total. The maximum Gasteiger partial charge on any atom is 0.147 e. The molecular formula is C9H10ClFN4O2. The molecule has 1 aromatic rings. The van der Waals surface area contributed by atoms with Crippen LogP contribution in [0.15, 0.2) is 17.2 Å². The maximum atomic E-state index is 13.2. The van der Waals surface area contributed by atoms with Gasteiger partial charge in [0.05, 0.1) is 18.3 Å². The van der Waals surface area contributed by atoms with Gasteiger partial charge in [-0.05, 0) is 17.7 Å². The monoisotopic (exact) mass is 260 g/mol. The summed E-state index contributed by atoms with van der Waals surface area (Å²) in [5, 5.41) is 22.3. The van der Waals surface area contributed by atoms with E-state index in [2.05, 4.69) is 10.0 Å². The summed E-state index contributed by atoms with van der Waals surface area (Å²) in [6, 6.07) is 2.23. The fourth-order valence-corrected chi connectivity index (χ4v) is 1.49. The van der Waals surface area contributed by atoms with E-state index < -0.39 is 18.0 Å². The molecule has 0 aromatic heterocycles. The molecule has 0 aliphatic rings. The van der Waals surface area contributed by atoms with Crippen molar-refractivity contribution in [1.82, 2.24) is 0 Å². The topological polar surface area (TPSA) is 115 Å². The minimum atomic E-state index is -1.48. The average Bonchev–Trinajstić information content (AvgIpc) is 2.29. The molecule has 2 atom stereocenters. The van der Waals surface area contributed by atoms with E-state index in [-0.39, 0.29) is 22.8 Å². The number of halogens is 2. The van der Waals surface area contributed by atoms with E-state index in [0.29, 0.717) is 0 Å². The number of aliphatic hydroxyl groups is 2. The number of azide groups is 1. The van der Waals surface area contributed by atoms with Crippen molar-refractivity contribution in [1.29, 1.82) is 0 Å². The Morgan fingerprint density at radius 3 is 2.76 bits per heavy atom. The number of nitrogens with two attached hydrogens (primary N) is 1. The summed E-state index contributed by atoms with van der Waals surface area (Å²) < 4.78 is 13.2. The first-order valence-electron chi connectivity index (χ1n) is 4.58. The SMILES string of the molecule is [N-]=[N+]=NCC(O)C(O)c1cc(Cl)cc(F)c1N. The van der Waals surface area contributed by atoms with Gasteiger partial charge in [-0.2, -0.15) is 0 Å². The van der Waals surface area contributed by atoms with Crippen LogP contribution in [0.4, 0.5) is 10.1 Å². The fraction of sp³-hybridized carbons (Fsp3) is 0.333. The molecule has 4 N–H and O–H groups in total. The predicted molar refractivity (Wildman–Crippen MR) is 60.8 cm³/mol. The number of anilines is 1. The third kappa shape index (κ3) is 3.21. The number of nitrogens with zero attached hydrogens (tertiary/aromatic N) is 3. The van der Waals surface area contributed by atoms with Crippen LogP contribution in [0.2, 0.25) is 5.02 Å². The van der Waals surface area contributed by atoms with Crippen LogP contribution in [0.3, 0.4) is 0 Å². The van der Waals surface area contributed by atoms with Crippen molar-refractivity contribution in [2.75, 3.05) is 12.3 Å². The Morgan fingerprint density at radius 2 is 2.18 bits per heavy atom. The van der Waals surface area contributed by atoms with Crippen molar-refractivity contribution < 1.29 is 14.6 Å². The first-order chi connectivity index (χ1) is 7.97. The molecule has 0 bridgehead atoms. The molecule has 17 heavy (non-hydrogen) atoms. The summed E-state index contributed by atoms with van der Waals surface area (Å²) in [4.78, 5) is 2.43. The first kappa shape index (κ1) is 13.5.